The Morgan fingerprint density at radius 3 is 2.77 bits per heavy atom. The van der Waals surface area contributed by atoms with Crippen molar-refractivity contribution in [1.29, 1.82) is 0 Å². The van der Waals surface area contributed by atoms with Crippen LogP contribution >= 0.6 is 11.8 Å². The minimum Gasteiger partial charge on any atom is -0.267 e. The van der Waals surface area contributed by atoms with Crippen molar-refractivity contribution in [2.45, 2.75) is 11.7 Å². The van der Waals surface area contributed by atoms with E-state index in [2.05, 4.69) is 25.9 Å². The van der Waals surface area contributed by atoms with Gasteiger partial charge in [-0.15, -0.1) is 6.58 Å². The Labute approximate surface area is 155 Å². The normalized spacial score (nSPS) is 11.7. The third kappa shape index (κ3) is 3.56. The molecule has 136 valence electrons. The number of pyridine rings is 1. The van der Waals surface area contributed by atoms with Crippen LogP contribution in [0, 0.1) is 0 Å². The first-order chi connectivity index (χ1) is 12.3. The molecule has 3 heterocycles. The fraction of sp³-hybridized carbons (Fsp3) is 0.250. The molecular weight excluding hydrogens is 372 g/mol. The number of allylic oxidation sites excluding steroid dienone is 1. The van der Waals surface area contributed by atoms with Crippen molar-refractivity contribution in [3.63, 3.8) is 0 Å². The molecule has 0 amide bonds. The van der Waals surface area contributed by atoms with Crippen molar-refractivity contribution >= 4 is 38.2 Å². The monoisotopic (exact) mass is 390 g/mol. The van der Waals surface area contributed by atoms with E-state index in [4.69, 9.17) is 0 Å². The summed E-state index contributed by atoms with van der Waals surface area (Å²) in [6, 6.07) is 1.72. The maximum atomic E-state index is 12.7. The van der Waals surface area contributed by atoms with Crippen LogP contribution in [0.3, 0.4) is 0 Å². The summed E-state index contributed by atoms with van der Waals surface area (Å²) in [6.07, 6.45) is 11.3. The van der Waals surface area contributed by atoms with Gasteiger partial charge in [0, 0.05) is 28.4 Å². The van der Waals surface area contributed by atoms with Gasteiger partial charge < -0.3 is 0 Å². The van der Waals surface area contributed by atoms with E-state index in [1.165, 1.54) is 28.8 Å². The predicted molar refractivity (Wildman–Crippen MR) is 105 cm³/mol. The lowest BCUT2D eigenvalue weighted by atomic mass is 10.4. The Morgan fingerprint density at radius 2 is 2.12 bits per heavy atom. The van der Waals surface area contributed by atoms with Gasteiger partial charge in [0.25, 0.3) is 5.56 Å². The third-order valence-electron chi connectivity index (χ3n) is 3.42. The summed E-state index contributed by atoms with van der Waals surface area (Å²) >= 11 is 1.39. The molecule has 3 aromatic heterocycles. The first-order valence-corrected chi connectivity index (χ1v) is 11.2. The van der Waals surface area contributed by atoms with Crippen LogP contribution in [0.25, 0.3) is 16.7 Å². The number of rotatable bonds is 5. The lowest BCUT2D eigenvalue weighted by molar-refractivity contribution is 0.603. The summed E-state index contributed by atoms with van der Waals surface area (Å²) in [4.78, 5) is 25.6. The number of hydrogen-bond acceptors (Lipinski definition) is 7. The Kier molecular flexibility index (Phi) is 4.97. The van der Waals surface area contributed by atoms with Crippen LogP contribution in [0.5, 0.6) is 0 Å². The topological polar surface area (TPSA) is 95.0 Å². The zero-order valence-corrected chi connectivity index (χ0v) is 16.3. The number of nitrogens with zero attached hydrogens (tertiary/aromatic N) is 6. The maximum Gasteiger partial charge on any atom is 0.278 e. The highest BCUT2D eigenvalue weighted by atomic mass is 32.2. The van der Waals surface area contributed by atoms with Gasteiger partial charge in [0.05, 0.1) is 30.3 Å². The summed E-state index contributed by atoms with van der Waals surface area (Å²) in [5, 5.41) is 0.961. The Bertz CT molecular complexity index is 1160. The molecule has 0 atom stereocenters. The van der Waals surface area contributed by atoms with Gasteiger partial charge in [0.2, 0.25) is 0 Å². The van der Waals surface area contributed by atoms with Crippen molar-refractivity contribution in [2.75, 3.05) is 18.8 Å². The highest BCUT2D eigenvalue weighted by Crippen LogP contribution is 2.21. The van der Waals surface area contributed by atoms with Gasteiger partial charge in [-0.25, -0.2) is 23.5 Å². The zero-order valence-electron chi connectivity index (χ0n) is 14.6. The van der Waals surface area contributed by atoms with Gasteiger partial charge in [-0.05, 0) is 12.3 Å². The SMILES string of the molecule is C=CCn1c(=O)c2cnc(SC)nc2n1-c1cncc(N=S(C)(C)=O)c1. The molecule has 8 nitrogen and oxygen atoms in total. The summed E-state index contributed by atoms with van der Waals surface area (Å²) < 4.78 is 19.3. The number of thioether (sulfide) groups is 1. The van der Waals surface area contributed by atoms with Gasteiger partial charge >= 0.3 is 0 Å². The van der Waals surface area contributed by atoms with E-state index in [1.807, 2.05) is 6.26 Å². The Morgan fingerprint density at radius 1 is 1.35 bits per heavy atom. The summed E-state index contributed by atoms with van der Waals surface area (Å²) in [6.45, 7) is 4.01. The van der Waals surface area contributed by atoms with Crippen molar-refractivity contribution < 1.29 is 4.21 Å². The molecule has 0 saturated heterocycles. The second kappa shape index (κ2) is 7.04. The first kappa shape index (κ1) is 18.3. The van der Waals surface area contributed by atoms with E-state index in [1.54, 1.807) is 35.5 Å². The van der Waals surface area contributed by atoms with Crippen molar-refractivity contribution in [1.82, 2.24) is 24.3 Å². The van der Waals surface area contributed by atoms with Gasteiger partial charge in [-0.1, -0.05) is 17.8 Å². The molecule has 0 unspecified atom stereocenters. The predicted octanol–water partition coefficient (Wildman–Crippen LogP) is 2.24. The van der Waals surface area contributed by atoms with Gasteiger partial charge in [0.1, 0.15) is 5.39 Å². The van der Waals surface area contributed by atoms with E-state index < -0.39 is 9.73 Å². The van der Waals surface area contributed by atoms with Crippen LogP contribution in [0.1, 0.15) is 0 Å². The largest absolute Gasteiger partial charge is 0.278 e. The molecular formula is C16H18N6O2S2. The zero-order chi connectivity index (χ0) is 18.9. The molecule has 3 rings (SSSR count). The fourth-order valence-corrected chi connectivity index (χ4v) is 3.44. The molecule has 0 saturated carbocycles. The standard InChI is InChI=1S/C16H18N6O2S2/c1-5-6-21-15(23)13-10-18-16(25-2)19-14(13)22(21)12-7-11(8-17-9-12)20-26(3,4)24/h5,7-10H,1,6H2,2-4H3. The molecule has 0 radical (unpaired) electrons. The first-order valence-electron chi connectivity index (χ1n) is 7.60. The molecule has 0 aliphatic rings. The van der Waals surface area contributed by atoms with E-state index in [0.29, 0.717) is 34.1 Å². The molecule has 0 aromatic carbocycles. The number of aromatic nitrogens is 5. The fourth-order valence-electron chi connectivity index (χ4n) is 2.50. The lowest BCUT2D eigenvalue weighted by Gasteiger charge is -2.11. The summed E-state index contributed by atoms with van der Waals surface area (Å²) in [5.74, 6) is 0. The minimum absolute atomic E-state index is 0.218. The average molecular weight is 390 g/mol. The van der Waals surface area contributed by atoms with Crippen molar-refractivity contribution in [3.8, 4) is 5.69 Å². The van der Waals surface area contributed by atoms with E-state index in [-0.39, 0.29) is 5.56 Å². The second-order valence-electron chi connectivity index (χ2n) is 5.76. The Hall–Kier alpha value is -2.46. The molecule has 0 aliphatic carbocycles. The van der Waals surface area contributed by atoms with Crippen molar-refractivity contribution in [3.05, 3.63) is 47.7 Å². The highest BCUT2D eigenvalue weighted by Gasteiger charge is 2.17. The number of hydrogen-bond donors (Lipinski definition) is 0. The van der Waals surface area contributed by atoms with Gasteiger partial charge in [0.15, 0.2) is 10.8 Å². The van der Waals surface area contributed by atoms with Crippen LogP contribution < -0.4 is 5.56 Å². The quantitative estimate of drug-likeness (QED) is 0.377. The van der Waals surface area contributed by atoms with E-state index in [9.17, 15) is 9.00 Å². The van der Waals surface area contributed by atoms with Gasteiger partial charge in [-0.3, -0.25) is 9.78 Å². The van der Waals surface area contributed by atoms with Gasteiger partial charge in [-0.2, -0.15) is 4.36 Å². The van der Waals surface area contributed by atoms with Crippen LogP contribution in [0.2, 0.25) is 0 Å². The molecule has 0 fully saturated rings. The third-order valence-corrected chi connectivity index (χ3v) is 4.63. The maximum absolute atomic E-state index is 12.7. The lowest BCUT2D eigenvalue weighted by Crippen LogP contribution is -2.21. The second-order valence-corrected chi connectivity index (χ2v) is 9.07. The highest BCUT2D eigenvalue weighted by molar-refractivity contribution is 7.98. The van der Waals surface area contributed by atoms with Crippen LogP contribution in [0.15, 0.2) is 51.6 Å². The average Bonchev–Trinajstić information content (AvgIpc) is 2.86. The van der Waals surface area contributed by atoms with Crippen LogP contribution in [0.4, 0.5) is 5.69 Å². The van der Waals surface area contributed by atoms with E-state index in [0.717, 1.165) is 0 Å². The molecule has 0 spiro atoms. The number of fused-ring (bicyclic) bond motifs is 1. The van der Waals surface area contributed by atoms with Crippen molar-refractivity contribution in [2.24, 2.45) is 4.36 Å². The minimum atomic E-state index is -2.33. The smallest absolute Gasteiger partial charge is 0.267 e. The Balaban J connectivity index is 2.35. The van der Waals surface area contributed by atoms with E-state index >= 15 is 0 Å². The molecule has 26 heavy (non-hydrogen) atoms. The summed E-state index contributed by atoms with van der Waals surface area (Å²) in [7, 11) is -2.33. The molecule has 0 bridgehead atoms. The molecule has 3 aromatic rings. The molecule has 0 aliphatic heterocycles. The molecule has 0 N–H and O–H groups in total. The molecule has 10 heteroatoms. The van der Waals surface area contributed by atoms with Crippen LogP contribution in [-0.2, 0) is 16.3 Å². The summed E-state index contributed by atoms with van der Waals surface area (Å²) in [5.41, 5.74) is 1.32. The van der Waals surface area contributed by atoms with Crippen LogP contribution in [-0.4, -0.2) is 47.3 Å².